The Morgan fingerprint density at radius 1 is 1.53 bits per heavy atom. The number of nitrogens with two attached hydrogens (primary N) is 1. The van der Waals surface area contributed by atoms with E-state index in [9.17, 15) is 0 Å². The standard InChI is InChI=1S/C14H14ClN3O/c1-4-8-18-9(2)17-13(14(18)16)12-10(15)6-5-7-11(12)19-3/h1,5-7H,8,16H2,2-3H3. The van der Waals surface area contributed by atoms with Crippen molar-refractivity contribution in [3.05, 3.63) is 29.0 Å². The first kappa shape index (κ1) is 13.3. The largest absolute Gasteiger partial charge is 0.496 e. The van der Waals surface area contributed by atoms with Gasteiger partial charge < -0.3 is 15.0 Å². The minimum atomic E-state index is 0.372. The van der Waals surface area contributed by atoms with Gasteiger partial charge in [-0.2, -0.15) is 0 Å². The molecule has 0 spiro atoms. The van der Waals surface area contributed by atoms with Gasteiger partial charge in [-0.05, 0) is 19.1 Å². The van der Waals surface area contributed by atoms with Gasteiger partial charge in [0.05, 0.1) is 24.2 Å². The fourth-order valence-corrected chi connectivity index (χ4v) is 2.22. The first-order valence-electron chi connectivity index (χ1n) is 5.69. The minimum absolute atomic E-state index is 0.372. The topological polar surface area (TPSA) is 53.1 Å². The van der Waals surface area contributed by atoms with Crippen LogP contribution in [0, 0.1) is 19.3 Å². The predicted molar refractivity (Wildman–Crippen MR) is 77.2 cm³/mol. The molecule has 0 unspecified atom stereocenters. The van der Waals surface area contributed by atoms with Crippen molar-refractivity contribution < 1.29 is 4.74 Å². The van der Waals surface area contributed by atoms with E-state index < -0.39 is 0 Å². The number of aryl methyl sites for hydroxylation is 1. The van der Waals surface area contributed by atoms with E-state index in [2.05, 4.69) is 10.9 Å². The highest BCUT2D eigenvalue weighted by Crippen LogP contribution is 2.38. The average molecular weight is 276 g/mol. The van der Waals surface area contributed by atoms with E-state index in [0.717, 1.165) is 5.82 Å². The fourth-order valence-electron chi connectivity index (χ4n) is 1.96. The van der Waals surface area contributed by atoms with Crippen LogP contribution < -0.4 is 10.5 Å². The van der Waals surface area contributed by atoms with E-state index in [1.165, 1.54) is 0 Å². The molecule has 2 aromatic rings. The summed E-state index contributed by atoms with van der Waals surface area (Å²) < 4.78 is 7.08. The van der Waals surface area contributed by atoms with Crippen molar-refractivity contribution in [3.63, 3.8) is 0 Å². The molecule has 0 amide bonds. The van der Waals surface area contributed by atoms with Crippen molar-refractivity contribution in [1.82, 2.24) is 9.55 Å². The lowest BCUT2D eigenvalue weighted by Gasteiger charge is -2.09. The molecule has 0 atom stereocenters. The third-order valence-electron chi connectivity index (χ3n) is 2.88. The maximum Gasteiger partial charge on any atom is 0.132 e. The molecule has 5 heteroatoms. The molecule has 0 aliphatic carbocycles. The summed E-state index contributed by atoms with van der Waals surface area (Å²) in [7, 11) is 1.58. The van der Waals surface area contributed by atoms with Crippen molar-refractivity contribution in [2.75, 3.05) is 12.8 Å². The van der Waals surface area contributed by atoms with Gasteiger partial charge in [-0.15, -0.1) is 6.42 Å². The number of anilines is 1. The molecule has 0 saturated carbocycles. The Bertz CT molecular complexity index is 655. The van der Waals surface area contributed by atoms with Crippen LogP contribution in [0.5, 0.6) is 5.75 Å². The van der Waals surface area contributed by atoms with Crippen molar-refractivity contribution in [2.45, 2.75) is 13.5 Å². The van der Waals surface area contributed by atoms with Gasteiger partial charge in [0, 0.05) is 0 Å². The summed E-state index contributed by atoms with van der Waals surface area (Å²) in [4.78, 5) is 4.45. The van der Waals surface area contributed by atoms with Crippen LogP contribution in [0.2, 0.25) is 5.02 Å². The molecule has 98 valence electrons. The zero-order valence-corrected chi connectivity index (χ0v) is 11.5. The first-order valence-corrected chi connectivity index (χ1v) is 6.06. The zero-order chi connectivity index (χ0) is 14.0. The Hall–Kier alpha value is -2.12. The summed E-state index contributed by atoms with van der Waals surface area (Å²) in [6.07, 6.45) is 5.33. The van der Waals surface area contributed by atoms with Gasteiger partial charge in [0.25, 0.3) is 0 Å². The predicted octanol–water partition coefficient (Wildman–Crippen LogP) is 2.74. The van der Waals surface area contributed by atoms with Crippen molar-refractivity contribution in [1.29, 1.82) is 0 Å². The lowest BCUT2D eigenvalue weighted by molar-refractivity contribution is 0.416. The Morgan fingerprint density at radius 2 is 2.26 bits per heavy atom. The summed E-state index contributed by atoms with van der Waals surface area (Å²) >= 11 is 6.23. The Labute approximate surface area is 117 Å². The summed E-state index contributed by atoms with van der Waals surface area (Å²) in [6, 6.07) is 5.40. The molecule has 1 aromatic heterocycles. The SMILES string of the molecule is C#CCn1c(C)nc(-c2c(Cl)cccc2OC)c1N. The Balaban J connectivity index is 2.67. The molecule has 0 bridgehead atoms. The number of benzene rings is 1. The number of hydrogen-bond acceptors (Lipinski definition) is 3. The number of aromatic nitrogens is 2. The highest BCUT2D eigenvalue weighted by atomic mass is 35.5. The fraction of sp³-hybridized carbons (Fsp3) is 0.214. The lowest BCUT2D eigenvalue weighted by atomic mass is 10.1. The number of rotatable bonds is 3. The van der Waals surface area contributed by atoms with Gasteiger partial charge >= 0.3 is 0 Å². The number of imidazole rings is 1. The molecule has 1 aromatic carbocycles. The molecule has 0 aliphatic rings. The van der Waals surface area contributed by atoms with Crippen LogP contribution in [0.3, 0.4) is 0 Å². The second-order valence-corrected chi connectivity index (χ2v) is 4.41. The van der Waals surface area contributed by atoms with Crippen molar-refractivity contribution >= 4 is 17.4 Å². The van der Waals surface area contributed by atoms with Gasteiger partial charge in [-0.25, -0.2) is 4.98 Å². The second kappa shape index (κ2) is 5.25. The first-order chi connectivity index (χ1) is 9.10. The molecule has 2 rings (SSSR count). The van der Waals surface area contributed by atoms with Crippen LogP contribution in [-0.2, 0) is 6.54 Å². The molecular formula is C14H14ClN3O. The molecule has 0 saturated heterocycles. The summed E-state index contributed by atoms with van der Waals surface area (Å²) in [5, 5.41) is 0.538. The number of halogens is 1. The zero-order valence-electron chi connectivity index (χ0n) is 10.8. The number of nitrogen functional groups attached to an aromatic ring is 1. The number of terminal acetylenes is 1. The van der Waals surface area contributed by atoms with Gasteiger partial charge in [0.1, 0.15) is 23.1 Å². The molecule has 4 nitrogen and oxygen atoms in total. The molecule has 0 aliphatic heterocycles. The number of methoxy groups -OCH3 is 1. The molecule has 0 radical (unpaired) electrons. The summed E-state index contributed by atoms with van der Waals surface area (Å²) in [6.45, 7) is 2.22. The third kappa shape index (κ3) is 2.25. The molecule has 2 N–H and O–H groups in total. The van der Waals surface area contributed by atoms with Crippen LogP contribution in [-0.4, -0.2) is 16.7 Å². The van der Waals surface area contributed by atoms with Crippen molar-refractivity contribution in [3.8, 4) is 29.4 Å². The normalized spacial score (nSPS) is 10.2. The van der Waals surface area contributed by atoms with E-state index in [1.807, 2.05) is 19.1 Å². The molecule has 1 heterocycles. The van der Waals surface area contributed by atoms with Crippen LogP contribution in [0.1, 0.15) is 5.82 Å². The third-order valence-corrected chi connectivity index (χ3v) is 3.19. The summed E-state index contributed by atoms with van der Waals surface area (Å²) in [5.41, 5.74) is 7.38. The van der Waals surface area contributed by atoms with E-state index in [0.29, 0.717) is 34.4 Å². The van der Waals surface area contributed by atoms with Gasteiger partial charge in [-0.1, -0.05) is 23.6 Å². The highest BCUT2D eigenvalue weighted by molar-refractivity contribution is 6.33. The van der Waals surface area contributed by atoms with E-state index in [1.54, 1.807) is 17.7 Å². The van der Waals surface area contributed by atoms with Crippen LogP contribution in [0.25, 0.3) is 11.3 Å². The van der Waals surface area contributed by atoms with E-state index in [-0.39, 0.29) is 0 Å². The van der Waals surface area contributed by atoms with Gasteiger partial charge in [0.2, 0.25) is 0 Å². The van der Waals surface area contributed by atoms with E-state index >= 15 is 0 Å². The van der Waals surface area contributed by atoms with Crippen LogP contribution in [0.15, 0.2) is 18.2 Å². The molecule has 0 fully saturated rings. The second-order valence-electron chi connectivity index (χ2n) is 4.00. The highest BCUT2D eigenvalue weighted by Gasteiger charge is 2.19. The maximum absolute atomic E-state index is 6.23. The van der Waals surface area contributed by atoms with Gasteiger partial charge in [-0.3, -0.25) is 0 Å². The number of hydrogen-bond donors (Lipinski definition) is 1. The Kier molecular flexibility index (Phi) is 3.68. The lowest BCUT2D eigenvalue weighted by Crippen LogP contribution is -2.03. The van der Waals surface area contributed by atoms with Crippen LogP contribution in [0.4, 0.5) is 5.82 Å². The average Bonchev–Trinajstić information content (AvgIpc) is 2.66. The Morgan fingerprint density at radius 3 is 2.89 bits per heavy atom. The smallest absolute Gasteiger partial charge is 0.132 e. The quantitative estimate of drug-likeness (QED) is 0.877. The van der Waals surface area contributed by atoms with Crippen LogP contribution >= 0.6 is 11.6 Å². The number of ether oxygens (including phenoxy) is 1. The van der Waals surface area contributed by atoms with Crippen molar-refractivity contribution in [2.24, 2.45) is 0 Å². The number of nitrogens with zero attached hydrogens (tertiary/aromatic N) is 2. The monoisotopic (exact) mass is 275 g/mol. The van der Waals surface area contributed by atoms with Gasteiger partial charge in [0.15, 0.2) is 0 Å². The minimum Gasteiger partial charge on any atom is -0.496 e. The van der Waals surface area contributed by atoms with E-state index in [4.69, 9.17) is 28.5 Å². The summed E-state index contributed by atoms with van der Waals surface area (Å²) in [5.74, 6) is 4.41. The molecule has 19 heavy (non-hydrogen) atoms. The molecular weight excluding hydrogens is 262 g/mol. The maximum atomic E-state index is 6.23.